The standard InChI is InChI=1S/C16H25N5O.HI/c1-12(15-13(2)20-22-14(15)3)11-19-16(17-4)18-7-10-21-8-5-6-9-21;/h5-6,8-9,12H,7,10-11H2,1-4H3,(H2,17,18,19);1H. The minimum absolute atomic E-state index is 0. The van der Waals surface area contributed by atoms with Crippen LogP contribution in [0.2, 0.25) is 0 Å². The Morgan fingerprint density at radius 2 is 2.00 bits per heavy atom. The Morgan fingerprint density at radius 3 is 2.57 bits per heavy atom. The van der Waals surface area contributed by atoms with Crippen LogP contribution in [0, 0.1) is 13.8 Å². The van der Waals surface area contributed by atoms with Crippen LogP contribution < -0.4 is 10.6 Å². The quantitative estimate of drug-likeness (QED) is 0.420. The predicted octanol–water partition coefficient (Wildman–Crippen LogP) is 2.68. The van der Waals surface area contributed by atoms with Crippen molar-refractivity contribution < 1.29 is 4.52 Å². The van der Waals surface area contributed by atoms with Crippen LogP contribution in [0.4, 0.5) is 0 Å². The molecular formula is C16H26IN5O. The molecule has 7 heteroatoms. The summed E-state index contributed by atoms with van der Waals surface area (Å²) in [6.45, 7) is 8.61. The summed E-state index contributed by atoms with van der Waals surface area (Å²) in [4.78, 5) is 4.25. The first kappa shape index (κ1) is 19.5. The van der Waals surface area contributed by atoms with Gasteiger partial charge in [0.2, 0.25) is 0 Å². The van der Waals surface area contributed by atoms with Crippen LogP contribution in [0.25, 0.3) is 0 Å². The maximum atomic E-state index is 5.23. The van der Waals surface area contributed by atoms with E-state index in [4.69, 9.17) is 4.52 Å². The Labute approximate surface area is 154 Å². The molecule has 0 saturated carbocycles. The second-order valence-electron chi connectivity index (χ2n) is 5.44. The van der Waals surface area contributed by atoms with Gasteiger partial charge in [-0.15, -0.1) is 24.0 Å². The third kappa shape index (κ3) is 5.56. The van der Waals surface area contributed by atoms with Crippen molar-refractivity contribution >= 4 is 29.9 Å². The maximum Gasteiger partial charge on any atom is 0.191 e. The van der Waals surface area contributed by atoms with E-state index < -0.39 is 0 Å². The molecule has 0 spiro atoms. The van der Waals surface area contributed by atoms with E-state index in [1.807, 2.05) is 26.0 Å². The van der Waals surface area contributed by atoms with Gasteiger partial charge in [-0.3, -0.25) is 4.99 Å². The van der Waals surface area contributed by atoms with E-state index in [9.17, 15) is 0 Å². The smallest absolute Gasteiger partial charge is 0.191 e. The minimum Gasteiger partial charge on any atom is -0.361 e. The number of halogens is 1. The van der Waals surface area contributed by atoms with E-state index in [0.29, 0.717) is 5.92 Å². The third-order valence-corrected chi connectivity index (χ3v) is 3.71. The van der Waals surface area contributed by atoms with Crippen molar-refractivity contribution in [1.82, 2.24) is 20.4 Å². The van der Waals surface area contributed by atoms with Crippen LogP contribution in [0.1, 0.15) is 29.9 Å². The summed E-state index contributed by atoms with van der Waals surface area (Å²) in [6, 6.07) is 4.05. The van der Waals surface area contributed by atoms with Gasteiger partial charge in [0.05, 0.1) is 5.69 Å². The fourth-order valence-electron chi connectivity index (χ4n) is 2.59. The molecule has 0 saturated heterocycles. The van der Waals surface area contributed by atoms with E-state index in [1.54, 1.807) is 7.05 Å². The van der Waals surface area contributed by atoms with Gasteiger partial charge >= 0.3 is 0 Å². The fraction of sp³-hybridized carbons (Fsp3) is 0.500. The lowest BCUT2D eigenvalue weighted by Crippen LogP contribution is -2.40. The Hall–Kier alpha value is -1.51. The van der Waals surface area contributed by atoms with E-state index in [0.717, 1.165) is 37.0 Å². The largest absolute Gasteiger partial charge is 0.361 e. The normalized spacial score (nSPS) is 12.6. The van der Waals surface area contributed by atoms with Crippen molar-refractivity contribution in [2.24, 2.45) is 4.99 Å². The molecule has 0 bridgehead atoms. The van der Waals surface area contributed by atoms with Crippen molar-refractivity contribution in [2.75, 3.05) is 20.1 Å². The SMILES string of the molecule is CN=C(NCCn1cccc1)NCC(C)c1c(C)noc1C.I. The van der Waals surface area contributed by atoms with E-state index in [-0.39, 0.29) is 24.0 Å². The van der Waals surface area contributed by atoms with Crippen LogP contribution in [-0.4, -0.2) is 35.8 Å². The lowest BCUT2D eigenvalue weighted by atomic mass is 10.00. The van der Waals surface area contributed by atoms with Crippen molar-refractivity contribution in [2.45, 2.75) is 33.2 Å². The monoisotopic (exact) mass is 431 g/mol. The molecule has 0 aromatic carbocycles. The number of aliphatic imine (C=N–C) groups is 1. The fourth-order valence-corrected chi connectivity index (χ4v) is 2.59. The van der Waals surface area contributed by atoms with Gasteiger partial charge in [0.25, 0.3) is 0 Å². The molecule has 2 heterocycles. The van der Waals surface area contributed by atoms with Gasteiger partial charge < -0.3 is 19.7 Å². The van der Waals surface area contributed by atoms with E-state index >= 15 is 0 Å². The maximum absolute atomic E-state index is 5.23. The Bertz CT molecular complexity index is 587. The molecule has 2 rings (SSSR count). The second kappa shape index (κ2) is 9.59. The molecule has 0 radical (unpaired) electrons. The third-order valence-electron chi connectivity index (χ3n) is 3.71. The van der Waals surface area contributed by atoms with Gasteiger partial charge in [0.15, 0.2) is 5.96 Å². The van der Waals surface area contributed by atoms with Gasteiger partial charge in [-0.25, -0.2) is 0 Å². The second-order valence-corrected chi connectivity index (χ2v) is 5.44. The summed E-state index contributed by atoms with van der Waals surface area (Å²) in [7, 11) is 1.78. The Morgan fingerprint density at radius 1 is 1.30 bits per heavy atom. The van der Waals surface area contributed by atoms with Gasteiger partial charge in [-0.1, -0.05) is 12.1 Å². The highest BCUT2D eigenvalue weighted by atomic mass is 127. The first-order chi connectivity index (χ1) is 10.6. The van der Waals surface area contributed by atoms with E-state index in [1.165, 1.54) is 5.56 Å². The molecule has 23 heavy (non-hydrogen) atoms. The van der Waals surface area contributed by atoms with Gasteiger partial charge in [0, 0.05) is 50.6 Å². The van der Waals surface area contributed by atoms with Crippen molar-refractivity contribution in [3.8, 4) is 0 Å². The number of guanidine groups is 1. The zero-order valence-corrected chi connectivity index (χ0v) is 16.5. The van der Waals surface area contributed by atoms with Crippen molar-refractivity contribution in [1.29, 1.82) is 0 Å². The van der Waals surface area contributed by atoms with Crippen LogP contribution in [0.3, 0.4) is 0 Å². The van der Waals surface area contributed by atoms with Crippen LogP contribution in [-0.2, 0) is 6.54 Å². The lowest BCUT2D eigenvalue weighted by Gasteiger charge is -2.16. The summed E-state index contributed by atoms with van der Waals surface area (Å²) >= 11 is 0. The molecule has 6 nitrogen and oxygen atoms in total. The molecule has 0 fully saturated rings. The zero-order valence-electron chi connectivity index (χ0n) is 14.2. The molecule has 2 aromatic heterocycles. The Balaban J connectivity index is 0.00000264. The molecule has 0 amide bonds. The summed E-state index contributed by atoms with van der Waals surface area (Å²) in [6.07, 6.45) is 4.11. The zero-order chi connectivity index (χ0) is 15.9. The molecule has 2 aromatic rings. The summed E-state index contributed by atoms with van der Waals surface area (Å²) < 4.78 is 7.36. The number of aryl methyl sites for hydroxylation is 2. The molecule has 0 aliphatic rings. The van der Waals surface area contributed by atoms with E-state index in [2.05, 4.69) is 44.7 Å². The first-order valence-electron chi connectivity index (χ1n) is 7.60. The first-order valence-corrected chi connectivity index (χ1v) is 7.60. The topological polar surface area (TPSA) is 67.4 Å². The summed E-state index contributed by atoms with van der Waals surface area (Å²) in [5.41, 5.74) is 2.14. The lowest BCUT2D eigenvalue weighted by molar-refractivity contribution is 0.391. The predicted molar refractivity (Wildman–Crippen MR) is 104 cm³/mol. The number of hydrogen-bond donors (Lipinski definition) is 2. The summed E-state index contributed by atoms with van der Waals surface area (Å²) in [5, 5.41) is 10.7. The number of hydrogen-bond acceptors (Lipinski definition) is 3. The molecule has 128 valence electrons. The molecule has 2 N–H and O–H groups in total. The number of aromatic nitrogens is 2. The van der Waals surface area contributed by atoms with Crippen LogP contribution in [0.5, 0.6) is 0 Å². The Kier molecular flexibility index (Phi) is 8.15. The molecular weight excluding hydrogens is 405 g/mol. The van der Waals surface area contributed by atoms with Crippen LogP contribution >= 0.6 is 24.0 Å². The van der Waals surface area contributed by atoms with Crippen LogP contribution in [0.15, 0.2) is 34.0 Å². The molecule has 1 atom stereocenters. The average Bonchev–Trinajstić information content (AvgIpc) is 3.12. The number of nitrogens with zero attached hydrogens (tertiary/aromatic N) is 3. The molecule has 0 aliphatic heterocycles. The number of nitrogens with one attached hydrogen (secondary N) is 2. The number of rotatable bonds is 6. The average molecular weight is 431 g/mol. The highest BCUT2D eigenvalue weighted by Gasteiger charge is 2.16. The molecule has 0 aliphatic carbocycles. The minimum atomic E-state index is 0. The van der Waals surface area contributed by atoms with Crippen molar-refractivity contribution in [3.63, 3.8) is 0 Å². The molecule has 1 unspecified atom stereocenters. The summed E-state index contributed by atoms with van der Waals surface area (Å²) in [5.74, 6) is 2.02. The van der Waals surface area contributed by atoms with Gasteiger partial charge in [0.1, 0.15) is 5.76 Å². The van der Waals surface area contributed by atoms with Gasteiger partial charge in [-0.2, -0.15) is 0 Å². The van der Waals surface area contributed by atoms with Crippen molar-refractivity contribution in [3.05, 3.63) is 41.5 Å². The highest BCUT2D eigenvalue weighted by molar-refractivity contribution is 14.0. The highest BCUT2D eigenvalue weighted by Crippen LogP contribution is 2.22. The van der Waals surface area contributed by atoms with Gasteiger partial charge in [-0.05, 0) is 26.0 Å².